The van der Waals surface area contributed by atoms with Crippen LogP contribution in [0.4, 0.5) is 0 Å². The monoisotopic (exact) mass is 204 g/mol. The predicted octanol–water partition coefficient (Wildman–Crippen LogP) is 3.53. The molecule has 0 amide bonds. The summed E-state index contributed by atoms with van der Waals surface area (Å²) in [6, 6.07) is 3.67. The van der Waals surface area contributed by atoms with Gasteiger partial charge in [0.25, 0.3) is 0 Å². The van der Waals surface area contributed by atoms with Gasteiger partial charge in [0.15, 0.2) is 5.76 Å². The molecule has 0 aliphatic heterocycles. The largest absolute Gasteiger partial charge is 0.458 e. The van der Waals surface area contributed by atoms with E-state index in [-0.39, 0.29) is 5.78 Å². The summed E-state index contributed by atoms with van der Waals surface area (Å²) in [5.74, 6) is 1.46. The standard InChI is InChI=1S/C13H16O2/c1-2-11-8-9-12(15-11)13(14)10-6-4-3-5-7-10/h6,8-9H,2-5,7H2,1H3. The molecule has 1 heterocycles. The van der Waals surface area contributed by atoms with Crippen molar-refractivity contribution in [2.24, 2.45) is 0 Å². The summed E-state index contributed by atoms with van der Waals surface area (Å²) in [5, 5.41) is 0. The summed E-state index contributed by atoms with van der Waals surface area (Å²) < 4.78 is 5.46. The van der Waals surface area contributed by atoms with Crippen molar-refractivity contribution in [1.82, 2.24) is 0 Å². The van der Waals surface area contributed by atoms with Gasteiger partial charge in [0.1, 0.15) is 5.76 Å². The lowest BCUT2D eigenvalue weighted by Crippen LogP contribution is -2.05. The number of Topliss-reactive ketones (excluding diaryl/α,β-unsaturated/α-hetero) is 1. The van der Waals surface area contributed by atoms with Crippen molar-refractivity contribution in [2.75, 3.05) is 0 Å². The number of furan rings is 1. The van der Waals surface area contributed by atoms with Gasteiger partial charge in [-0.1, -0.05) is 13.0 Å². The summed E-state index contributed by atoms with van der Waals surface area (Å²) in [6.45, 7) is 2.02. The zero-order valence-corrected chi connectivity index (χ0v) is 9.08. The fraction of sp³-hybridized carbons (Fsp3) is 0.462. The van der Waals surface area contributed by atoms with Gasteiger partial charge in [0.2, 0.25) is 5.78 Å². The van der Waals surface area contributed by atoms with Gasteiger partial charge in [-0.05, 0) is 43.4 Å². The van der Waals surface area contributed by atoms with E-state index in [2.05, 4.69) is 6.08 Å². The number of hydrogen-bond donors (Lipinski definition) is 0. The van der Waals surface area contributed by atoms with Gasteiger partial charge in [-0.3, -0.25) is 4.79 Å². The number of hydrogen-bond acceptors (Lipinski definition) is 2. The number of ketones is 1. The number of carbonyl (C=O) groups excluding carboxylic acids is 1. The maximum absolute atomic E-state index is 12.0. The van der Waals surface area contributed by atoms with Gasteiger partial charge in [-0.2, -0.15) is 0 Å². The number of rotatable bonds is 3. The first-order valence-corrected chi connectivity index (χ1v) is 5.63. The number of carbonyl (C=O) groups is 1. The Morgan fingerprint density at radius 2 is 2.27 bits per heavy atom. The fourth-order valence-electron chi connectivity index (χ4n) is 1.89. The molecule has 80 valence electrons. The smallest absolute Gasteiger partial charge is 0.223 e. The van der Waals surface area contributed by atoms with Crippen LogP contribution in [0.15, 0.2) is 28.2 Å². The molecular weight excluding hydrogens is 188 g/mol. The Labute approximate surface area is 90.0 Å². The second-order valence-corrected chi connectivity index (χ2v) is 3.92. The zero-order chi connectivity index (χ0) is 10.7. The quantitative estimate of drug-likeness (QED) is 0.705. The Bertz CT molecular complexity index is 385. The molecule has 0 saturated carbocycles. The van der Waals surface area contributed by atoms with Crippen molar-refractivity contribution < 1.29 is 9.21 Å². The Kier molecular flexibility index (Phi) is 3.05. The van der Waals surface area contributed by atoms with E-state index in [1.165, 1.54) is 6.42 Å². The van der Waals surface area contributed by atoms with Crippen molar-refractivity contribution in [3.05, 3.63) is 35.3 Å². The van der Waals surface area contributed by atoms with Gasteiger partial charge in [-0.15, -0.1) is 0 Å². The van der Waals surface area contributed by atoms with Crippen LogP contribution in [-0.2, 0) is 6.42 Å². The van der Waals surface area contributed by atoms with Crippen molar-refractivity contribution in [2.45, 2.75) is 39.0 Å². The SMILES string of the molecule is CCc1ccc(C(=O)C2=CCCCC2)o1. The molecule has 1 aliphatic carbocycles. The maximum atomic E-state index is 12.0. The van der Waals surface area contributed by atoms with E-state index in [4.69, 9.17) is 4.42 Å². The fourth-order valence-corrected chi connectivity index (χ4v) is 1.89. The molecule has 0 saturated heterocycles. The average molecular weight is 204 g/mol. The highest BCUT2D eigenvalue weighted by atomic mass is 16.3. The highest BCUT2D eigenvalue weighted by molar-refractivity contribution is 6.06. The van der Waals surface area contributed by atoms with E-state index in [9.17, 15) is 4.79 Å². The van der Waals surface area contributed by atoms with Crippen LogP contribution < -0.4 is 0 Å². The first kappa shape index (κ1) is 10.2. The van der Waals surface area contributed by atoms with Crippen LogP contribution in [0, 0.1) is 0 Å². The van der Waals surface area contributed by atoms with Crippen molar-refractivity contribution in [3.8, 4) is 0 Å². The Morgan fingerprint density at radius 1 is 1.40 bits per heavy atom. The second kappa shape index (κ2) is 4.47. The van der Waals surface area contributed by atoms with Gasteiger partial charge >= 0.3 is 0 Å². The lowest BCUT2D eigenvalue weighted by molar-refractivity contribution is 0.0997. The maximum Gasteiger partial charge on any atom is 0.223 e. The Balaban J connectivity index is 2.16. The summed E-state index contributed by atoms with van der Waals surface area (Å²) in [4.78, 5) is 12.0. The molecule has 1 aromatic rings. The van der Waals surface area contributed by atoms with E-state index in [1.54, 1.807) is 6.07 Å². The Morgan fingerprint density at radius 3 is 2.87 bits per heavy atom. The summed E-state index contributed by atoms with van der Waals surface area (Å²) >= 11 is 0. The highest BCUT2D eigenvalue weighted by Crippen LogP contribution is 2.22. The van der Waals surface area contributed by atoms with Crippen molar-refractivity contribution in [1.29, 1.82) is 0 Å². The third-order valence-electron chi connectivity index (χ3n) is 2.82. The molecular formula is C13H16O2. The third-order valence-corrected chi connectivity index (χ3v) is 2.82. The molecule has 15 heavy (non-hydrogen) atoms. The average Bonchev–Trinajstić information content (AvgIpc) is 2.78. The van der Waals surface area contributed by atoms with E-state index >= 15 is 0 Å². The number of allylic oxidation sites excluding steroid dienone is 2. The second-order valence-electron chi connectivity index (χ2n) is 3.92. The van der Waals surface area contributed by atoms with Crippen LogP contribution in [0.2, 0.25) is 0 Å². The van der Waals surface area contributed by atoms with Gasteiger partial charge in [0, 0.05) is 6.42 Å². The molecule has 1 aliphatic rings. The summed E-state index contributed by atoms with van der Waals surface area (Å²) in [6.07, 6.45) is 7.16. The van der Waals surface area contributed by atoms with Crippen molar-refractivity contribution in [3.63, 3.8) is 0 Å². The summed E-state index contributed by atoms with van der Waals surface area (Å²) in [7, 11) is 0. The molecule has 0 N–H and O–H groups in total. The molecule has 0 unspecified atom stereocenters. The first-order valence-electron chi connectivity index (χ1n) is 5.63. The third kappa shape index (κ3) is 2.20. The van der Waals surface area contributed by atoms with E-state index < -0.39 is 0 Å². The van der Waals surface area contributed by atoms with Gasteiger partial charge in [0.05, 0.1) is 0 Å². The predicted molar refractivity (Wildman–Crippen MR) is 59.0 cm³/mol. The van der Waals surface area contributed by atoms with Crippen LogP contribution in [-0.4, -0.2) is 5.78 Å². The minimum atomic E-state index is 0.0781. The van der Waals surface area contributed by atoms with Crippen LogP contribution in [0.1, 0.15) is 48.9 Å². The van der Waals surface area contributed by atoms with Gasteiger partial charge < -0.3 is 4.42 Å². The molecule has 2 nitrogen and oxygen atoms in total. The van der Waals surface area contributed by atoms with Crippen LogP contribution >= 0.6 is 0 Å². The van der Waals surface area contributed by atoms with E-state index in [0.29, 0.717) is 5.76 Å². The molecule has 0 aromatic carbocycles. The molecule has 1 aromatic heterocycles. The lowest BCUT2D eigenvalue weighted by atomic mass is 9.95. The highest BCUT2D eigenvalue weighted by Gasteiger charge is 2.17. The van der Waals surface area contributed by atoms with Gasteiger partial charge in [-0.25, -0.2) is 0 Å². The van der Waals surface area contributed by atoms with Crippen LogP contribution in [0.5, 0.6) is 0 Å². The molecule has 2 rings (SSSR count). The topological polar surface area (TPSA) is 30.2 Å². The normalized spacial score (nSPS) is 16.2. The van der Waals surface area contributed by atoms with Crippen LogP contribution in [0.3, 0.4) is 0 Å². The minimum Gasteiger partial charge on any atom is -0.458 e. The lowest BCUT2D eigenvalue weighted by Gasteiger charge is -2.09. The molecule has 0 fully saturated rings. The molecule has 2 heteroatoms. The molecule has 0 bridgehead atoms. The van der Waals surface area contributed by atoms with E-state index in [1.807, 2.05) is 13.0 Å². The Hall–Kier alpha value is -1.31. The summed E-state index contributed by atoms with van der Waals surface area (Å²) in [5.41, 5.74) is 0.929. The number of aryl methyl sites for hydroxylation is 1. The minimum absolute atomic E-state index is 0.0781. The van der Waals surface area contributed by atoms with Crippen LogP contribution in [0.25, 0.3) is 0 Å². The molecule has 0 radical (unpaired) electrons. The van der Waals surface area contributed by atoms with E-state index in [0.717, 1.165) is 37.0 Å². The first-order chi connectivity index (χ1) is 7.31. The zero-order valence-electron chi connectivity index (χ0n) is 9.08. The molecule has 0 atom stereocenters. The molecule has 0 spiro atoms. The van der Waals surface area contributed by atoms with Crippen molar-refractivity contribution >= 4 is 5.78 Å².